The van der Waals surface area contributed by atoms with Crippen LogP contribution in [0.3, 0.4) is 0 Å². The van der Waals surface area contributed by atoms with Crippen molar-refractivity contribution in [3.8, 4) is 0 Å². The Bertz CT molecular complexity index is 341. The fourth-order valence-electron chi connectivity index (χ4n) is 2.88. The van der Waals surface area contributed by atoms with Crippen LogP contribution in [0.25, 0.3) is 0 Å². The lowest BCUT2D eigenvalue weighted by molar-refractivity contribution is -0.151. The molecule has 0 aromatic heterocycles. The maximum Gasteiger partial charge on any atom is 0.306 e. The van der Waals surface area contributed by atoms with E-state index < -0.39 is 0 Å². The summed E-state index contributed by atoms with van der Waals surface area (Å²) in [6.07, 6.45) is 14.5. The van der Waals surface area contributed by atoms with Gasteiger partial charge in [-0.05, 0) is 18.8 Å². The third-order valence-electron chi connectivity index (χ3n) is 4.82. The minimum atomic E-state index is -0.289. The molecule has 0 saturated heterocycles. The molecule has 1 unspecified atom stereocenters. The molecule has 0 aromatic rings. The van der Waals surface area contributed by atoms with E-state index in [0.29, 0.717) is 19.1 Å². The summed E-state index contributed by atoms with van der Waals surface area (Å²) in [5, 5.41) is 0. The van der Waals surface area contributed by atoms with Gasteiger partial charge in [-0.3, -0.25) is 9.59 Å². The largest absolute Gasteiger partial charge is 0.466 e. The van der Waals surface area contributed by atoms with Crippen LogP contribution in [0.1, 0.15) is 111 Å². The lowest BCUT2D eigenvalue weighted by Crippen LogP contribution is -2.15. The molecule has 0 amide bonds. The van der Waals surface area contributed by atoms with Gasteiger partial charge in [0.2, 0.25) is 0 Å². The average Bonchev–Trinajstić information content (AvgIpc) is 2.65. The van der Waals surface area contributed by atoms with Gasteiger partial charge in [0.25, 0.3) is 0 Å². The van der Waals surface area contributed by atoms with Gasteiger partial charge in [-0.15, -0.1) is 0 Å². The molecule has 0 aliphatic carbocycles. The molecule has 1 atom stereocenters. The summed E-state index contributed by atoms with van der Waals surface area (Å²) in [6, 6.07) is 0. The molecule has 0 aliphatic heterocycles. The van der Waals surface area contributed by atoms with E-state index in [-0.39, 0.29) is 24.8 Å². The molecule has 154 valence electrons. The second-order valence-corrected chi connectivity index (χ2v) is 7.29. The zero-order valence-electron chi connectivity index (χ0n) is 17.5. The lowest BCUT2D eigenvalue weighted by atomic mass is 10.0. The minimum absolute atomic E-state index is 0.125. The van der Waals surface area contributed by atoms with Crippen LogP contribution in [-0.4, -0.2) is 25.2 Å². The summed E-state index contributed by atoms with van der Waals surface area (Å²) in [5.41, 5.74) is 0. The van der Waals surface area contributed by atoms with Crippen molar-refractivity contribution in [3.63, 3.8) is 0 Å². The van der Waals surface area contributed by atoms with Crippen LogP contribution in [-0.2, 0) is 19.1 Å². The van der Waals surface area contributed by atoms with Gasteiger partial charge < -0.3 is 9.47 Å². The summed E-state index contributed by atoms with van der Waals surface area (Å²) in [5.74, 6) is -0.139. The zero-order valence-corrected chi connectivity index (χ0v) is 17.5. The van der Waals surface area contributed by atoms with E-state index >= 15 is 0 Å². The Hall–Kier alpha value is -1.06. The molecule has 4 nitrogen and oxygen atoms in total. The van der Waals surface area contributed by atoms with Crippen molar-refractivity contribution in [2.24, 2.45) is 5.92 Å². The van der Waals surface area contributed by atoms with Gasteiger partial charge in [-0.1, -0.05) is 85.0 Å². The monoisotopic (exact) mass is 370 g/mol. The molecule has 0 radical (unpaired) electrons. The van der Waals surface area contributed by atoms with E-state index in [9.17, 15) is 9.59 Å². The Labute approximate surface area is 161 Å². The normalized spacial score (nSPS) is 12.0. The van der Waals surface area contributed by atoms with E-state index in [1.165, 1.54) is 44.9 Å². The highest BCUT2D eigenvalue weighted by Crippen LogP contribution is 2.13. The summed E-state index contributed by atoms with van der Waals surface area (Å²) in [4.78, 5) is 23.4. The SMILES string of the molecule is CCCCCCCCCCOC(=O)CCC(=O)OCC(CC)CCCC. The second kappa shape index (κ2) is 18.7. The van der Waals surface area contributed by atoms with Crippen LogP contribution >= 0.6 is 0 Å². The van der Waals surface area contributed by atoms with Crippen molar-refractivity contribution < 1.29 is 19.1 Å². The third-order valence-corrected chi connectivity index (χ3v) is 4.82. The standard InChI is InChI=1S/C22H42O4/c1-4-7-9-10-11-12-13-14-18-25-21(23)16-17-22(24)26-19-20(6-3)15-8-5-2/h20H,4-19H2,1-3H3. The van der Waals surface area contributed by atoms with Crippen molar-refractivity contribution in [2.75, 3.05) is 13.2 Å². The van der Waals surface area contributed by atoms with Gasteiger partial charge in [0.05, 0.1) is 26.1 Å². The van der Waals surface area contributed by atoms with Crippen molar-refractivity contribution >= 4 is 11.9 Å². The van der Waals surface area contributed by atoms with Crippen LogP contribution in [0.2, 0.25) is 0 Å². The Balaban J connectivity index is 3.53. The van der Waals surface area contributed by atoms with Crippen molar-refractivity contribution in [2.45, 2.75) is 111 Å². The van der Waals surface area contributed by atoms with Crippen LogP contribution in [0.5, 0.6) is 0 Å². The van der Waals surface area contributed by atoms with Crippen LogP contribution in [0.15, 0.2) is 0 Å². The molecule has 0 aromatic carbocycles. The molecule has 0 rings (SSSR count). The number of hydrogen-bond donors (Lipinski definition) is 0. The summed E-state index contributed by atoms with van der Waals surface area (Å²) >= 11 is 0. The van der Waals surface area contributed by atoms with Gasteiger partial charge in [0.1, 0.15) is 0 Å². The molecule has 0 spiro atoms. The zero-order chi connectivity index (χ0) is 19.5. The highest BCUT2D eigenvalue weighted by molar-refractivity contribution is 5.77. The number of hydrogen-bond acceptors (Lipinski definition) is 4. The molecular weight excluding hydrogens is 328 g/mol. The Morgan fingerprint density at radius 2 is 1.23 bits per heavy atom. The van der Waals surface area contributed by atoms with Gasteiger partial charge in [0.15, 0.2) is 0 Å². The third kappa shape index (κ3) is 16.4. The fraction of sp³-hybridized carbons (Fsp3) is 0.909. The van der Waals surface area contributed by atoms with E-state index in [2.05, 4.69) is 20.8 Å². The fourth-order valence-corrected chi connectivity index (χ4v) is 2.88. The molecule has 0 bridgehead atoms. The molecule has 0 aliphatic rings. The van der Waals surface area contributed by atoms with Gasteiger partial charge in [-0.2, -0.15) is 0 Å². The van der Waals surface area contributed by atoms with E-state index in [1.807, 2.05) is 0 Å². The summed E-state index contributed by atoms with van der Waals surface area (Å²) < 4.78 is 10.5. The number of carbonyl (C=O) groups is 2. The maximum absolute atomic E-state index is 11.7. The quantitative estimate of drug-likeness (QED) is 0.212. The molecule has 4 heteroatoms. The lowest BCUT2D eigenvalue weighted by Gasteiger charge is -2.14. The first-order valence-electron chi connectivity index (χ1n) is 10.9. The summed E-state index contributed by atoms with van der Waals surface area (Å²) in [6.45, 7) is 7.46. The number of unbranched alkanes of at least 4 members (excludes halogenated alkanes) is 8. The molecule has 26 heavy (non-hydrogen) atoms. The first-order chi connectivity index (χ1) is 12.6. The minimum Gasteiger partial charge on any atom is -0.466 e. The Kier molecular flexibility index (Phi) is 18.0. The van der Waals surface area contributed by atoms with E-state index in [1.54, 1.807) is 0 Å². The van der Waals surface area contributed by atoms with E-state index in [4.69, 9.17) is 9.47 Å². The van der Waals surface area contributed by atoms with Crippen molar-refractivity contribution in [3.05, 3.63) is 0 Å². The number of rotatable bonds is 18. The Morgan fingerprint density at radius 3 is 1.81 bits per heavy atom. The van der Waals surface area contributed by atoms with Crippen LogP contribution in [0.4, 0.5) is 0 Å². The number of esters is 2. The predicted octanol–water partition coefficient (Wildman–Crippen LogP) is 6.21. The summed E-state index contributed by atoms with van der Waals surface area (Å²) in [7, 11) is 0. The molecule has 0 saturated carbocycles. The van der Waals surface area contributed by atoms with E-state index in [0.717, 1.165) is 32.1 Å². The highest BCUT2D eigenvalue weighted by atomic mass is 16.5. The Morgan fingerprint density at radius 1 is 0.692 bits per heavy atom. The van der Waals surface area contributed by atoms with Crippen molar-refractivity contribution in [1.29, 1.82) is 0 Å². The van der Waals surface area contributed by atoms with Crippen molar-refractivity contribution in [1.82, 2.24) is 0 Å². The van der Waals surface area contributed by atoms with Gasteiger partial charge in [0, 0.05) is 0 Å². The highest BCUT2D eigenvalue weighted by Gasteiger charge is 2.12. The molecule has 0 fully saturated rings. The van der Waals surface area contributed by atoms with Gasteiger partial charge in [-0.25, -0.2) is 0 Å². The average molecular weight is 371 g/mol. The predicted molar refractivity (Wildman–Crippen MR) is 107 cm³/mol. The smallest absolute Gasteiger partial charge is 0.306 e. The maximum atomic E-state index is 11.7. The molecular formula is C22H42O4. The number of carbonyl (C=O) groups excluding carboxylic acids is 2. The van der Waals surface area contributed by atoms with Gasteiger partial charge >= 0.3 is 11.9 Å². The van der Waals surface area contributed by atoms with Crippen LogP contribution < -0.4 is 0 Å². The first kappa shape index (κ1) is 24.9. The molecule has 0 N–H and O–H groups in total. The first-order valence-corrected chi connectivity index (χ1v) is 10.9. The van der Waals surface area contributed by atoms with Crippen LogP contribution in [0, 0.1) is 5.92 Å². The molecule has 0 heterocycles. The second-order valence-electron chi connectivity index (χ2n) is 7.29. The number of ether oxygens (including phenoxy) is 2. The topological polar surface area (TPSA) is 52.6 Å².